The molecule has 0 aromatic heterocycles. The van der Waals surface area contributed by atoms with E-state index in [1.807, 2.05) is 0 Å². The average molecular weight is 227 g/mol. The minimum Gasteiger partial charge on any atom is -0.379 e. The summed E-state index contributed by atoms with van der Waals surface area (Å²) < 4.78 is 5.27. The van der Waals surface area contributed by atoms with Gasteiger partial charge in [0.05, 0.1) is 19.3 Å². The number of ether oxygens (including phenoxy) is 1. The van der Waals surface area contributed by atoms with E-state index < -0.39 is 0 Å². The maximum atomic E-state index is 8.49. The number of nitrogens with zero attached hydrogens (tertiary/aromatic N) is 4. The molecular formula is C10H21N5O. The van der Waals surface area contributed by atoms with Gasteiger partial charge in [-0.1, -0.05) is 18.5 Å². The van der Waals surface area contributed by atoms with E-state index in [2.05, 4.69) is 21.8 Å². The Bertz CT molecular complexity index is 235. The molecular weight excluding hydrogens is 206 g/mol. The van der Waals surface area contributed by atoms with Gasteiger partial charge in [-0.05, 0) is 12.0 Å². The molecule has 0 amide bonds. The van der Waals surface area contributed by atoms with E-state index in [-0.39, 0.29) is 12.1 Å². The highest BCUT2D eigenvalue weighted by atomic mass is 16.5. The molecule has 0 bridgehead atoms. The molecule has 1 saturated heterocycles. The zero-order chi connectivity index (χ0) is 11.8. The molecule has 2 N–H and O–H groups in total. The van der Waals surface area contributed by atoms with Crippen LogP contribution >= 0.6 is 0 Å². The van der Waals surface area contributed by atoms with Gasteiger partial charge in [-0.3, -0.25) is 4.90 Å². The van der Waals surface area contributed by atoms with E-state index >= 15 is 0 Å². The second-order valence-electron chi connectivity index (χ2n) is 4.14. The summed E-state index contributed by atoms with van der Waals surface area (Å²) in [6.07, 6.45) is 1.84. The summed E-state index contributed by atoms with van der Waals surface area (Å²) in [4.78, 5) is 5.14. The second kappa shape index (κ2) is 7.46. The summed E-state index contributed by atoms with van der Waals surface area (Å²) >= 11 is 0. The summed E-state index contributed by atoms with van der Waals surface area (Å²) in [6, 6.07) is -0.160. The number of hydrogen-bond donors (Lipinski definition) is 1. The molecule has 1 fully saturated rings. The minimum absolute atomic E-state index is 0.0750. The van der Waals surface area contributed by atoms with Crippen LogP contribution in [-0.4, -0.2) is 49.8 Å². The zero-order valence-electron chi connectivity index (χ0n) is 9.88. The van der Waals surface area contributed by atoms with Crippen LogP contribution in [0.2, 0.25) is 0 Å². The lowest BCUT2D eigenvalue weighted by molar-refractivity contribution is 0.0341. The first-order valence-electron chi connectivity index (χ1n) is 5.87. The molecule has 0 unspecified atom stereocenters. The van der Waals surface area contributed by atoms with Crippen LogP contribution in [0.15, 0.2) is 5.11 Å². The van der Waals surface area contributed by atoms with Crippen molar-refractivity contribution >= 4 is 0 Å². The summed E-state index contributed by atoms with van der Waals surface area (Å²) in [5.74, 6) is 0. The van der Waals surface area contributed by atoms with E-state index in [0.29, 0.717) is 0 Å². The number of morpholine rings is 1. The monoisotopic (exact) mass is 227 g/mol. The van der Waals surface area contributed by atoms with Crippen LogP contribution in [0.3, 0.4) is 0 Å². The van der Waals surface area contributed by atoms with Gasteiger partial charge in [0.1, 0.15) is 0 Å². The van der Waals surface area contributed by atoms with Crippen LogP contribution in [0.1, 0.15) is 19.8 Å². The average Bonchev–Trinajstić information content (AvgIpc) is 2.30. The molecule has 0 aliphatic carbocycles. The maximum Gasteiger partial charge on any atom is 0.0594 e. The highest BCUT2D eigenvalue weighted by Gasteiger charge is 2.20. The number of hydrogen-bond acceptors (Lipinski definition) is 4. The van der Waals surface area contributed by atoms with Gasteiger partial charge in [-0.25, -0.2) is 0 Å². The highest BCUT2D eigenvalue weighted by Crippen LogP contribution is 2.08. The first-order chi connectivity index (χ1) is 7.77. The quantitative estimate of drug-likeness (QED) is 0.419. The Morgan fingerprint density at radius 2 is 2.19 bits per heavy atom. The fourth-order valence-electron chi connectivity index (χ4n) is 1.92. The van der Waals surface area contributed by atoms with E-state index in [1.54, 1.807) is 0 Å². The van der Waals surface area contributed by atoms with E-state index in [1.165, 1.54) is 0 Å². The zero-order valence-corrected chi connectivity index (χ0v) is 9.88. The predicted octanol–water partition coefficient (Wildman–Crippen LogP) is 1.12. The van der Waals surface area contributed by atoms with Crippen LogP contribution in [0.25, 0.3) is 10.4 Å². The van der Waals surface area contributed by atoms with Gasteiger partial charge in [0, 0.05) is 30.6 Å². The summed E-state index contributed by atoms with van der Waals surface area (Å²) in [7, 11) is 0. The van der Waals surface area contributed by atoms with Crippen molar-refractivity contribution in [2.45, 2.75) is 31.8 Å². The fourth-order valence-corrected chi connectivity index (χ4v) is 1.92. The van der Waals surface area contributed by atoms with Crippen LogP contribution in [0, 0.1) is 0 Å². The number of rotatable bonds is 6. The van der Waals surface area contributed by atoms with E-state index in [9.17, 15) is 0 Å². The van der Waals surface area contributed by atoms with Crippen molar-refractivity contribution in [3.05, 3.63) is 10.4 Å². The lowest BCUT2D eigenvalue weighted by Gasteiger charge is -2.30. The number of nitrogens with two attached hydrogens (primary N) is 1. The van der Waals surface area contributed by atoms with Crippen molar-refractivity contribution < 1.29 is 4.74 Å². The molecule has 1 aliphatic rings. The predicted molar refractivity (Wildman–Crippen MR) is 63.1 cm³/mol. The summed E-state index contributed by atoms with van der Waals surface area (Å²) in [6.45, 7) is 6.24. The molecule has 2 atom stereocenters. The van der Waals surface area contributed by atoms with Crippen LogP contribution < -0.4 is 5.73 Å². The molecule has 16 heavy (non-hydrogen) atoms. The molecule has 0 spiro atoms. The van der Waals surface area contributed by atoms with Crippen molar-refractivity contribution in [1.29, 1.82) is 0 Å². The summed E-state index contributed by atoms with van der Waals surface area (Å²) in [5, 5.41) is 3.78. The van der Waals surface area contributed by atoms with Gasteiger partial charge < -0.3 is 10.5 Å². The minimum atomic E-state index is -0.0853. The molecule has 0 aromatic carbocycles. The van der Waals surface area contributed by atoms with Crippen molar-refractivity contribution in [2.75, 3.05) is 32.8 Å². The van der Waals surface area contributed by atoms with E-state index in [0.717, 1.165) is 45.7 Å². The third-order valence-corrected chi connectivity index (χ3v) is 2.85. The number of azide groups is 1. The summed E-state index contributed by atoms with van der Waals surface area (Å²) in [5.41, 5.74) is 14.6. The first-order valence-corrected chi connectivity index (χ1v) is 5.87. The van der Waals surface area contributed by atoms with Crippen molar-refractivity contribution in [3.8, 4) is 0 Å². The third-order valence-electron chi connectivity index (χ3n) is 2.85. The molecule has 6 heteroatoms. The molecule has 6 nitrogen and oxygen atoms in total. The Labute approximate surface area is 96.4 Å². The van der Waals surface area contributed by atoms with Crippen LogP contribution in [0.5, 0.6) is 0 Å². The van der Waals surface area contributed by atoms with Crippen molar-refractivity contribution in [2.24, 2.45) is 10.8 Å². The topological polar surface area (TPSA) is 87.2 Å². The van der Waals surface area contributed by atoms with Gasteiger partial charge >= 0.3 is 0 Å². The smallest absolute Gasteiger partial charge is 0.0594 e. The molecule has 1 heterocycles. The van der Waals surface area contributed by atoms with Crippen LogP contribution in [0.4, 0.5) is 0 Å². The highest BCUT2D eigenvalue weighted by molar-refractivity contribution is 4.82. The largest absolute Gasteiger partial charge is 0.379 e. The SMILES string of the molecule is CCC[C@@H](N=[N+]=[N-])[C@@H](N)CN1CCOCC1. The van der Waals surface area contributed by atoms with E-state index in [4.69, 9.17) is 16.0 Å². The molecule has 1 rings (SSSR count). The second-order valence-corrected chi connectivity index (χ2v) is 4.14. The van der Waals surface area contributed by atoms with Gasteiger partial charge in [0.25, 0.3) is 0 Å². The Morgan fingerprint density at radius 3 is 2.75 bits per heavy atom. The molecule has 0 radical (unpaired) electrons. The van der Waals surface area contributed by atoms with Gasteiger partial charge in [-0.2, -0.15) is 0 Å². The van der Waals surface area contributed by atoms with Gasteiger partial charge in [0.15, 0.2) is 0 Å². The Kier molecular flexibility index (Phi) is 6.18. The molecule has 0 aromatic rings. The lowest BCUT2D eigenvalue weighted by atomic mass is 10.0. The fraction of sp³-hybridized carbons (Fsp3) is 1.00. The molecule has 0 saturated carbocycles. The Hall–Kier alpha value is -0.810. The maximum absolute atomic E-state index is 8.49. The van der Waals surface area contributed by atoms with Crippen molar-refractivity contribution in [3.63, 3.8) is 0 Å². The Balaban J connectivity index is 2.40. The lowest BCUT2D eigenvalue weighted by Crippen LogP contribution is -2.47. The van der Waals surface area contributed by atoms with Crippen LogP contribution in [-0.2, 0) is 4.74 Å². The first kappa shape index (κ1) is 13.3. The normalized spacial score (nSPS) is 21.1. The van der Waals surface area contributed by atoms with Gasteiger partial charge in [-0.15, -0.1) is 0 Å². The third kappa shape index (κ3) is 4.37. The van der Waals surface area contributed by atoms with Gasteiger partial charge in [0.2, 0.25) is 0 Å². The standard InChI is InChI=1S/C10H21N5O/c1-2-3-10(13-14-12)9(11)8-15-4-6-16-7-5-15/h9-10H,2-8,11H2,1H3/t9-,10+/m0/s1. The van der Waals surface area contributed by atoms with Crippen molar-refractivity contribution in [1.82, 2.24) is 4.90 Å². The molecule has 1 aliphatic heterocycles. The molecule has 92 valence electrons. The Morgan fingerprint density at radius 1 is 1.50 bits per heavy atom.